The number of carbonyl (C=O) groups excluding carboxylic acids is 1. The van der Waals surface area contributed by atoms with Crippen molar-refractivity contribution in [3.63, 3.8) is 0 Å². The average molecular weight is 376 g/mol. The zero-order valence-corrected chi connectivity index (χ0v) is 15.7. The highest BCUT2D eigenvalue weighted by Gasteiger charge is 2.14. The average Bonchev–Trinajstić information content (AvgIpc) is 2.76. The van der Waals surface area contributed by atoms with E-state index in [9.17, 15) is 4.79 Å². The Labute approximate surface area is 163 Å². The lowest BCUT2D eigenvalue weighted by atomic mass is 10.0. The van der Waals surface area contributed by atoms with Crippen LogP contribution in [0.25, 0.3) is 16.8 Å². The van der Waals surface area contributed by atoms with Crippen LogP contribution in [0.5, 0.6) is 23.0 Å². The first-order valence-electron chi connectivity index (χ1n) is 8.96. The number of ether oxygens (including phenoxy) is 4. The zero-order chi connectivity index (χ0) is 19.5. The van der Waals surface area contributed by atoms with E-state index in [2.05, 4.69) is 0 Å². The second-order valence-electron chi connectivity index (χ2n) is 6.32. The molecule has 3 aromatic rings. The van der Waals surface area contributed by atoms with Gasteiger partial charge < -0.3 is 18.9 Å². The van der Waals surface area contributed by atoms with Gasteiger partial charge in [0.1, 0.15) is 24.7 Å². The van der Waals surface area contributed by atoms with Crippen LogP contribution in [0.1, 0.15) is 15.9 Å². The number of fused-ring (bicyclic) bond motifs is 2. The molecule has 0 radical (unpaired) electrons. The van der Waals surface area contributed by atoms with Crippen LogP contribution in [0.15, 0.2) is 54.6 Å². The third kappa shape index (κ3) is 3.39. The van der Waals surface area contributed by atoms with Gasteiger partial charge in [-0.05, 0) is 59.5 Å². The van der Waals surface area contributed by atoms with Gasteiger partial charge in [-0.25, -0.2) is 0 Å². The maximum atomic E-state index is 12.7. The minimum atomic E-state index is -0.108. The molecule has 0 unspecified atom stereocenters. The summed E-state index contributed by atoms with van der Waals surface area (Å²) >= 11 is 0. The molecule has 0 amide bonds. The topological polar surface area (TPSA) is 54.0 Å². The molecule has 5 nitrogen and oxygen atoms in total. The van der Waals surface area contributed by atoms with Crippen molar-refractivity contribution in [2.24, 2.45) is 0 Å². The molecule has 4 rings (SSSR count). The summed E-state index contributed by atoms with van der Waals surface area (Å²) < 4.78 is 21.8. The van der Waals surface area contributed by atoms with Crippen molar-refractivity contribution in [2.75, 3.05) is 27.4 Å². The fraction of sp³-hybridized carbons (Fsp3) is 0.174. The molecule has 0 aromatic heterocycles. The summed E-state index contributed by atoms with van der Waals surface area (Å²) in [6.45, 7) is 1.01. The first-order chi connectivity index (χ1) is 13.7. The van der Waals surface area contributed by atoms with Gasteiger partial charge in [-0.15, -0.1) is 0 Å². The molecule has 142 valence electrons. The number of rotatable bonds is 5. The van der Waals surface area contributed by atoms with E-state index in [1.165, 1.54) is 0 Å². The second kappa shape index (κ2) is 7.64. The minimum absolute atomic E-state index is 0.108. The van der Waals surface area contributed by atoms with E-state index in [0.717, 1.165) is 27.8 Å². The summed E-state index contributed by atoms with van der Waals surface area (Å²) in [6.07, 6.45) is 3.37. The maximum absolute atomic E-state index is 12.7. The Bertz CT molecular complexity index is 1070. The minimum Gasteiger partial charge on any atom is -0.497 e. The van der Waals surface area contributed by atoms with E-state index in [0.29, 0.717) is 30.3 Å². The van der Waals surface area contributed by atoms with E-state index in [1.807, 2.05) is 30.3 Å². The highest BCUT2D eigenvalue weighted by atomic mass is 16.6. The van der Waals surface area contributed by atoms with Crippen LogP contribution in [-0.2, 0) is 0 Å². The molecule has 0 N–H and O–H groups in total. The number of benzene rings is 3. The van der Waals surface area contributed by atoms with Crippen LogP contribution in [0.3, 0.4) is 0 Å². The third-order valence-corrected chi connectivity index (χ3v) is 4.68. The number of hydrogen-bond acceptors (Lipinski definition) is 5. The Balaban J connectivity index is 1.67. The molecular formula is C23H20O5. The molecule has 0 fully saturated rings. The molecular weight excluding hydrogens is 356 g/mol. The Kier molecular flexibility index (Phi) is 4.89. The van der Waals surface area contributed by atoms with E-state index < -0.39 is 0 Å². The summed E-state index contributed by atoms with van der Waals surface area (Å²) in [4.78, 5) is 12.7. The van der Waals surface area contributed by atoms with Gasteiger partial charge in [0.25, 0.3) is 0 Å². The van der Waals surface area contributed by atoms with Crippen LogP contribution < -0.4 is 18.9 Å². The van der Waals surface area contributed by atoms with Crippen LogP contribution in [-0.4, -0.2) is 33.2 Å². The largest absolute Gasteiger partial charge is 0.497 e. The summed E-state index contributed by atoms with van der Waals surface area (Å²) in [7, 11) is 3.27. The third-order valence-electron chi connectivity index (χ3n) is 4.68. The summed E-state index contributed by atoms with van der Waals surface area (Å²) in [5.74, 6) is 2.68. The van der Waals surface area contributed by atoms with Gasteiger partial charge in [0.05, 0.1) is 14.2 Å². The van der Waals surface area contributed by atoms with Crippen molar-refractivity contribution >= 4 is 22.6 Å². The predicted molar refractivity (Wildman–Crippen MR) is 108 cm³/mol. The van der Waals surface area contributed by atoms with Gasteiger partial charge in [0, 0.05) is 10.9 Å². The lowest BCUT2D eigenvalue weighted by Gasteiger charge is -2.18. The fourth-order valence-electron chi connectivity index (χ4n) is 3.23. The molecule has 3 aromatic carbocycles. The van der Waals surface area contributed by atoms with E-state index in [-0.39, 0.29) is 5.78 Å². The van der Waals surface area contributed by atoms with Gasteiger partial charge in [0.2, 0.25) is 0 Å². The molecule has 28 heavy (non-hydrogen) atoms. The summed E-state index contributed by atoms with van der Waals surface area (Å²) in [5, 5.41) is 1.90. The van der Waals surface area contributed by atoms with Crippen LogP contribution in [0.2, 0.25) is 0 Å². The lowest BCUT2D eigenvalue weighted by Crippen LogP contribution is -2.15. The van der Waals surface area contributed by atoms with Crippen molar-refractivity contribution in [1.82, 2.24) is 0 Å². The van der Waals surface area contributed by atoms with Gasteiger partial charge in [-0.2, -0.15) is 0 Å². The Morgan fingerprint density at radius 1 is 0.893 bits per heavy atom. The first kappa shape index (κ1) is 17.9. The van der Waals surface area contributed by atoms with Crippen molar-refractivity contribution in [2.45, 2.75) is 0 Å². The highest BCUT2D eigenvalue weighted by molar-refractivity contribution is 6.08. The normalized spacial score (nSPS) is 12.9. The summed E-state index contributed by atoms with van der Waals surface area (Å²) in [6, 6.07) is 14.8. The SMILES string of the molecule is COc1ccc2c(OC)ccc(/C=C/C(=O)c3ccc4c(c3)OCCO4)c2c1. The van der Waals surface area contributed by atoms with Crippen molar-refractivity contribution in [3.8, 4) is 23.0 Å². The molecule has 0 spiro atoms. The Morgan fingerprint density at radius 2 is 1.71 bits per heavy atom. The zero-order valence-electron chi connectivity index (χ0n) is 15.7. The second-order valence-corrected chi connectivity index (χ2v) is 6.32. The molecule has 1 aliphatic rings. The van der Waals surface area contributed by atoms with Crippen LogP contribution in [0.4, 0.5) is 0 Å². The standard InChI is InChI=1S/C23H20O5/c1-25-17-6-7-18-19(14-17)15(4-9-21(18)26-2)3-8-20(24)16-5-10-22-23(13-16)28-12-11-27-22/h3-10,13-14H,11-12H2,1-2H3/b8-3+. The number of ketones is 1. The Morgan fingerprint density at radius 3 is 2.50 bits per heavy atom. The smallest absolute Gasteiger partial charge is 0.185 e. The first-order valence-corrected chi connectivity index (χ1v) is 8.96. The molecule has 0 bridgehead atoms. The fourth-order valence-corrected chi connectivity index (χ4v) is 3.23. The van der Waals surface area contributed by atoms with Gasteiger partial charge in [0.15, 0.2) is 17.3 Å². The molecule has 0 saturated carbocycles. The van der Waals surface area contributed by atoms with E-state index in [4.69, 9.17) is 18.9 Å². The van der Waals surface area contributed by atoms with Gasteiger partial charge in [-0.1, -0.05) is 12.1 Å². The number of carbonyl (C=O) groups is 1. The molecule has 1 heterocycles. The van der Waals surface area contributed by atoms with Crippen molar-refractivity contribution in [1.29, 1.82) is 0 Å². The van der Waals surface area contributed by atoms with E-state index >= 15 is 0 Å². The molecule has 0 aliphatic carbocycles. The van der Waals surface area contributed by atoms with Gasteiger partial charge >= 0.3 is 0 Å². The number of methoxy groups -OCH3 is 2. The molecule has 0 saturated heterocycles. The monoisotopic (exact) mass is 376 g/mol. The van der Waals surface area contributed by atoms with Crippen molar-refractivity contribution < 1.29 is 23.7 Å². The number of allylic oxidation sites excluding steroid dienone is 1. The predicted octanol–water partition coefficient (Wildman–Crippen LogP) is 4.52. The van der Waals surface area contributed by atoms with Crippen molar-refractivity contribution in [3.05, 3.63) is 65.7 Å². The maximum Gasteiger partial charge on any atom is 0.185 e. The van der Waals surface area contributed by atoms with Gasteiger partial charge in [-0.3, -0.25) is 4.79 Å². The highest BCUT2D eigenvalue weighted by Crippen LogP contribution is 2.33. The quantitative estimate of drug-likeness (QED) is 0.484. The Hall–Kier alpha value is -3.47. The summed E-state index contributed by atoms with van der Waals surface area (Å²) in [5.41, 5.74) is 1.46. The lowest BCUT2D eigenvalue weighted by molar-refractivity contribution is 0.104. The van der Waals surface area contributed by atoms with E-state index in [1.54, 1.807) is 44.6 Å². The number of hydrogen-bond donors (Lipinski definition) is 0. The molecule has 1 aliphatic heterocycles. The molecule has 5 heteroatoms. The van der Waals surface area contributed by atoms with Crippen LogP contribution in [0, 0.1) is 0 Å². The van der Waals surface area contributed by atoms with Crippen LogP contribution >= 0.6 is 0 Å². The molecule has 0 atom stereocenters.